The van der Waals surface area contributed by atoms with Crippen molar-refractivity contribution in [2.24, 2.45) is 10.8 Å². The smallest absolute Gasteiger partial charge is 0.317 e. The number of nitrogens with one attached hydrogen (secondary N) is 1. The third-order valence-corrected chi connectivity index (χ3v) is 2.46. The van der Waals surface area contributed by atoms with Crippen molar-refractivity contribution in [3.63, 3.8) is 0 Å². The standard InChI is InChI=1S/C15H30N2O3/c1-14(2,3)10-17(11-15(4,5)6)13(20)16-9-7-8-12(18)19/h7-11H2,1-6H3,(H,16,20)(H,18,19). The molecule has 5 heteroatoms. The summed E-state index contributed by atoms with van der Waals surface area (Å²) in [5, 5.41) is 11.4. The van der Waals surface area contributed by atoms with E-state index in [2.05, 4.69) is 46.9 Å². The maximum atomic E-state index is 12.2. The van der Waals surface area contributed by atoms with Gasteiger partial charge in [-0.2, -0.15) is 0 Å². The number of carbonyl (C=O) groups excluding carboxylic acids is 1. The predicted octanol–water partition coefficient (Wildman–Crippen LogP) is 2.96. The van der Waals surface area contributed by atoms with E-state index in [0.717, 1.165) is 0 Å². The number of carboxylic acids is 1. The Morgan fingerprint density at radius 2 is 1.45 bits per heavy atom. The first-order valence-corrected chi connectivity index (χ1v) is 7.15. The van der Waals surface area contributed by atoms with Gasteiger partial charge in [-0.3, -0.25) is 4.79 Å². The first-order valence-electron chi connectivity index (χ1n) is 7.15. The second kappa shape index (κ2) is 7.50. The van der Waals surface area contributed by atoms with Crippen LogP contribution in [0.3, 0.4) is 0 Å². The van der Waals surface area contributed by atoms with Crippen LogP contribution >= 0.6 is 0 Å². The minimum absolute atomic E-state index is 0.0314. The van der Waals surface area contributed by atoms with Gasteiger partial charge in [-0.05, 0) is 17.3 Å². The van der Waals surface area contributed by atoms with Crippen LogP contribution in [0.2, 0.25) is 0 Å². The summed E-state index contributed by atoms with van der Waals surface area (Å²) in [5.41, 5.74) is 0.0628. The molecule has 0 aliphatic heterocycles. The van der Waals surface area contributed by atoms with Crippen molar-refractivity contribution in [1.82, 2.24) is 10.2 Å². The molecule has 0 aromatic rings. The second-order valence-electron chi connectivity index (χ2n) is 7.71. The van der Waals surface area contributed by atoms with Gasteiger partial charge in [0.2, 0.25) is 0 Å². The van der Waals surface area contributed by atoms with Crippen molar-refractivity contribution in [1.29, 1.82) is 0 Å². The van der Waals surface area contributed by atoms with Crippen molar-refractivity contribution in [3.05, 3.63) is 0 Å². The van der Waals surface area contributed by atoms with Crippen molar-refractivity contribution in [2.75, 3.05) is 19.6 Å². The summed E-state index contributed by atoms with van der Waals surface area (Å²) in [6, 6.07) is -0.111. The lowest BCUT2D eigenvalue weighted by Crippen LogP contribution is -2.47. The Labute approximate surface area is 122 Å². The Kier molecular flexibility index (Phi) is 7.03. The van der Waals surface area contributed by atoms with Crippen LogP contribution in [0.15, 0.2) is 0 Å². The molecule has 0 spiro atoms. The molecule has 0 unspecified atom stereocenters. The number of nitrogens with zero attached hydrogens (tertiary/aromatic N) is 1. The topological polar surface area (TPSA) is 69.6 Å². The Bertz CT molecular complexity index is 311. The molecular weight excluding hydrogens is 256 g/mol. The number of rotatable bonds is 6. The highest BCUT2D eigenvalue weighted by atomic mass is 16.4. The van der Waals surface area contributed by atoms with Crippen molar-refractivity contribution < 1.29 is 14.7 Å². The lowest BCUT2D eigenvalue weighted by molar-refractivity contribution is -0.137. The summed E-state index contributed by atoms with van der Waals surface area (Å²) in [4.78, 5) is 24.5. The zero-order chi connectivity index (χ0) is 16.0. The minimum atomic E-state index is -0.833. The number of carbonyl (C=O) groups is 2. The summed E-state index contributed by atoms with van der Waals surface area (Å²) in [7, 11) is 0. The molecule has 0 saturated carbocycles. The monoisotopic (exact) mass is 286 g/mol. The second-order valence-corrected chi connectivity index (χ2v) is 7.71. The van der Waals surface area contributed by atoms with E-state index < -0.39 is 5.97 Å². The number of aliphatic carboxylic acids is 1. The third-order valence-electron chi connectivity index (χ3n) is 2.46. The molecule has 0 atom stereocenters. The van der Waals surface area contributed by atoms with Gasteiger partial charge in [0.15, 0.2) is 0 Å². The SMILES string of the molecule is CC(C)(C)CN(CC(C)(C)C)C(=O)NCCCC(=O)O. The Balaban J connectivity index is 4.45. The van der Waals surface area contributed by atoms with E-state index in [0.29, 0.717) is 26.1 Å². The highest BCUT2D eigenvalue weighted by molar-refractivity contribution is 5.74. The summed E-state index contributed by atoms with van der Waals surface area (Å²) in [6.45, 7) is 14.3. The number of hydrogen-bond acceptors (Lipinski definition) is 2. The summed E-state index contributed by atoms with van der Waals surface area (Å²) >= 11 is 0. The molecule has 20 heavy (non-hydrogen) atoms. The van der Waals surface area contributed by atoms with Gasteiger partial charge >= 0.3 is 12.0 Å². The lowest BCUT2D eigenvalue weighted by Gasteiger charge is -2.34. The van der Waals surface area contributed by atoms with Crippen LogP contribution in [0.4, 0.5) is 4.79 Å². The molecule has 0 heterocycles. The number of carboxylic acid groups (broad SMARTS) is 1. The average Bonchev–Trinajstić information content (AvgIpc) is 2.18. The number of hydrogen-bond donors (Lipinski definition) is 2. The van der Waals surface area contributed by atoms with E-state index in [4.69, 9.17) is 5.11 Å². The Morgan fingerprint density at radius 1 is 1.00 bits per heavy atom. The van der Waals surface area contributed by atoms with Crippen LogP contribution in [0.25, 0.3) is 0 Å². The van der Waals surface area contributed by atoms with Crippen molar-refractivity contribution in [3.8, 4) is 0 Å². The quantitative estimate of drug-likeness (QED) is 0.738. The molecule has 0 aliphatic rings. The van der Waals surface area contributed by atoms with Crippen LogP contribution in [0, 0.1) is 10.8 Å². The van der Waals surface area contributed by atoms with E-state index in [1.165, 1.54) is 0 Å². The Morgan fingerprint density at radius 3 is 1.80 bits per heavy atom. The molecule has 0 aromatic heterocycles. The molecule has 5 nitrogen and oxygen atoms in total. The molecule has 118 valence electrons. The first-order chi connectivity index (χ1) is 8.91. The van der Waals surface area contributed by atoms with Crippen molar-refractivity contribution >= 4 is 12.0 Å². The highest BCUT2D eigenvalue weighted by Crippen LogP contribution is 2.20. The summed E-state index contributed by atoms with van der Waals surface area (Å²) < 4.78 is 0. The van der Waals surface area contributed by atoms with Crippen LogP contribution in [-0.2, 0) is 4.79 Å². The van der Waals surface area contributed by atoms with Gasteiger partial charge in [0, 0.05) is 26.1 Å². The molecule has 2 amide bonds. The van der Waals surface area contributed by atoms with Gasteiger partial charge in [-0.1, -0.05) is 41.5 Å². The van der Waals surface area contributed by atoms with Crippen LogP contribution in [0.1, 0.15) is 54.4 Å². The molecule has 0 rings (SSSR count). The van der Waals surface area contributed by atoms with Gasteiger partial charge in [0.1, 0.15) is 0 Å². The summed E-state index contributed by atoms with van der Waals surface area (Å²) in [6.07, 6.45) is 0.540. The maximum absolute atomic E-state index is 12.2. The average molecular weight is 286 g/mol. The molecule has 2 N–H and O–H groups in total. The van der Waals surface area contributed by atoms with E-state index >= 15 is 0 Å². The fraction of sp³-hybridized carbons (Fsp3) is 0.867. The van der Waals surface area contributed by atoms with Gasteiger partial charge < -0.3 is 15.3 Å². The third kappa shape index (κ3) is 10.6. The summed E-state index contributed by atoms with van der Waals surface area (Å²) in [5.74, 6) is -0.833. The lowest BCUT2D eigenvalue weighted by atomic mass is 9.92. The molecule has 0 aliphatic carbocycles. The van der Waals surface area contributed by atoms with E-state index in [1.54, 1.807) is 0 Å². The zero-order valence-corrected chi connectivity index (χ0v) is 13.7. The molecule has 0 bridgehead atoms. The van der Waals surface area contributed by atoms with Crippen molar-refractivity contribution in [2.45, 2.75) is 54.4 Å². The predicted molar refractivity (Wildman–Crippen MR) is 80.8 cm³/mol. The zero-order valence-electron chi connectivity index (χ0n) is 13.7. The molecule has 0 saturated heterocycles. The molecular formula is C15H30N2O3. The minimum Gasteiger partial charge on any atom is -0.481 e. The number of amides is 2. The Hall–Kier alpha value is -1.26. The van der Waals surface area contributed by atoms with Crippen LogP contribution < -0.4 is 5.32 Å². The van der Waals surface area contributed by atoms with Gasteiger partial charge in [-0.15, -0.1) is 0 Å². The van der Waals surface area contributed by atoms with E-state index in [-0.39, 0.29) is 23.3 Å². The largest absolute Gasteiger partial charge is 0.481 e. The van der Waals surface area contributed by atoms with Gasteiger partial charge in [0.25, 0.3) is 0 Å². The maximum Gasteiger partial charge on any atom is 0.317 e. The molecule has 0 aromatic carbocycles. The van der Waals surface area contributed by atoms with Gasteiger partial charge in [0.05, 0.1) is 0 Å². The van der Waals surface area contributed by atoms with Gasteiger partial charge in [-0.25, -0.2) is 4.79 Å². The highest BCUT2D eigenvalue weighted by Gasteiger charge is 2.25. The normalized spacial score (nSPS) is 12.1. The van der Waals surface area contributed by atoms with E-state index in [1.807, 2.05) is 4.90 Å². The van der Waals surface area contributed by atoms with E-state index in [9.17, 15) is 9.59 Å². The number of urea groups is 1. The first kappa shape index (κ1) is 18.7. The molecule has 0 radical (unpaired) electrons. The van der Waals surface area contributed by atoms with Crippen LogP contribution in [0.5, 0.6) is 0 Å². The van der Waals surface area contributed by atoms with Crippen LogP contribution in [-0.4, -0.2) is 41.6 Å². The fourth-order valence-electron chi connectivity index (χ4n) is 1.89. The fourth-order valence-corrected chi connectivity index (χ4v) is 1.89. The molecule has 0 fully saturated rings.